The summed E-state index contributed by atoms with van der Waals surface area (Å²) in [6.07, 6.45) is 2.44. The molecule has 1 aliphatic rings. The van der Waals surface area contributed by atoms with Gasteiger partial charge in [0.05, 0.1) is 21.3 Å². The number of hydrogen-bond acceptors (Lipinski definition) is 5. The van der Waals surface area contributed by atoms with E-state index in [-0.39, 0.29) is 17.7 Å². The average molecular weight is 428 g/mol. The van der Waals surface area contributed by atoms with E-state index in [0.29, 0.717) is 47.1 Å². The highest BCUT2D eigenvalue weighted by atomic mass is 35.5. The van der Waals surface area contributed by atoms with Gasteiger partial charge in [-0.05, 0) is 43.2 Å². The fourth-order valence-corrected chi connectivity index (χ4v) is 4.47. The summed E-state index contributed by atoms with van der Waals surface area (Å²) in [5.74, 6) is -0.575. The minimum atomic E-state index is -0.237. The van der Waals surface area contributed by atoms with E-state index in [2.05, 4.69) is 10.3 Å². The molecule has 4 rings (SSSR count). The van der Waals surface area contributed by atoms with E-state index in [1.54, 1.807) is 30.3 Å². The predicted octanol–water partition coefficient (Wildman–Crippen LogP) is 4.74. The number of thiazole rings is 1. The van der Waals surface area contributed by atoms with Crippen molar-refractivity contribution in [1.29, 1.82) is 0 Å². The van der Waals surface area contributed by atoms with Crippen molar-refractivity contribution >= 4 is 56.0 Å². The second-order valence-corrected chi connectivity index (χ2v) is 8.26. The number of benzene rings is 2. The molecular formula is C21H18ClN3O3S. The van der Waals surface area contributed by atoms with Gasteiger partial charge < -0.3 is 5.32 Å². The first-order valence-corrected chi connectivity index (χ1v) is 10.5. The number of halogens is 1. The number of nitrogens with one attached hydrogen (secondary N) is 1. The SMILES string of the molecule is O=C(CCCCCN1C(=O)c2ccccc2C1=O)Nc1nc2ccc(Cl)cc2s1. The predicted molar refractivity (Wildman–Crippen MR) is 114 cm³/mol. The Morgan fingerprint density at radius 2 is 1.76 bits per heavy atom. The summed E-state index contributed by atoms with van der Waals surface area (Å²) in [7, 11) is 0. The van der Waals surface area contributed by atoms with Crippen molar-refractivity contribution in [2.75, 3.05) is 11.9 Å². The summed E-state index contributed by atoms with van der Waals surface area (Å²) in [6, 6.07) is 12.3. The van der Waals surface area contributed by atoms with Crippen LogP contribution < -0.4 is 5.32 Å². The van der Waals surface area contributed by atoms with Crippen molar-refractivity contribution in [3.05, 3.63) is 58.6 Å². The Bertz CT molecular complexity index is 1080. The van der Waals surface area contributed by atoms with E-state index in [1.807, 2.05) is 12.1 Å². The Hall–Kier alpha value is -2.77. The Balaban J connectivity index is 1.21. The summed E-state index contributed by atoms with van der Waals surface area (Å²) in [5.41, 5.74) is 1.73. The third-order valence-electron chi connectivity index (χ3n) is 4.76. The maximum absolute atomic E-state index is 12.3. The first kappa shape index (κ1) is 19.5. The Kier molecular flexibility index (Phi) is 5.60. The van der Waals surface area contributed by atoms with Crippen LogP contribution >= 0.6 is 22.9 Å². The van der Waals surface area contributed by atoms with E-state index in [0.717, 1.165) is 16.6 Å². The second-order valence-electron chi connectivity index (χ2n) is 6.80. The van der Waals surface area contributed by atoms with Gasteiger partial charge >= 0.3 is 0 Å². The molecule has 2 aromatic carbocycles. The van der Waals surface area contributed by atoms with Gasteiger partial charge in [0.15, 0.2) is 5.13 Å². The zero-order chi connectivity index (χ0) is 20.4. The standard InChI is InChI=1S/C21H18ClN3O3S/c22-13-9-10-16-17(12-13)29-21(23-16)24-18(26)8-2-1-5-11-25-19(27)14-6-3-4-7-15(14)20(25)28/h3-4,6-7,9-10,12H,1-2,5,8,11H2,(H,23,24,26). The van der Waals surface area contributed by atoms with Crippen LogP contribution in [0.1, 0.15) is 46.4 Å². The number of anilines is 1. The lowest BCUT2D eigenvalue weighted by Crippen LogP contribution is -2.30. The minimum Gasteiger partial charge on any atom is -0.302 e. The topological polar surface area (TPSA) is 79.4 Å². The molecule has 0 fully saturated rings. The maximum atomic E-state index is 12.3. The van der Waals surface area contributed by atoms with Crippen molar-refractivity contribution in [3.63, 3.8) is 0 Å². The fraction of sp³-hybridized carbons (Fsp3) is 0.238. The third kappa shape index (κ3) is 4.16. The number of aromatic nitrogens is 1. The number of hydrogen-bond donors (Lipinski definition) is 1. The molecule has 0 aliphatic carbocycles. The molecule has 0 unspecified atom stereocenters. The molecule has 148 valence electrons. The van der Waals surface area contributed by atoms with Gasteiger partial charge in [-0.2, -0.15) is 0 Å². The average Bonchev–Trinajstić information content (AvgIpc) is 3.20. The van der Waals surface area contributed by atoms with Gasteiger partial charge in [-0.25, -0.2) is 4.98 Å². The lowest BCUT2D eigenvalue weighted by molar-refractivity contribution is -0.116. The summed E-state index contributed by atoms with van der Waals surface area (Å²) in [5, 5.41) is 4.01. The van der Waals surface area contributed by atoms with Crippen molar-refractivity contribution in [2.45, 2.75) is 25.7 Å². The van der Waals surface area contributed by atoms with Crippen LogP contribution in [0.15, 0.2) is 42.5 Å². The molecule has 0 saturated heterocycles. The smallest absolute Gasteiger partial charge is 0.261 e. The molecular weight excluding hydrogens is 410 g/mol. The van der Waals surface area contributed by atoms with Crippen LogP contribution in [0.4, 0.5) is 5.13 Å². The number of unbranched alkanes of at least 4 members (excludes halogenated alkanes) is 2. The Morgan fingerprint density at radius 3 is 2.48 bits per heavy atom. The van der Waals surface area contributed by atoms with Gasteiger partial charge in [0, 0.05) is 18.0 Å². The van der Waals surface area contributed by atoms with Gasteiger partial charge in [-0.1, -0.05) is 41.5 Å². The lowest BCUT2D eigenvalue weighted by atomic mass is 10.1. The van der Waals surface area contributed by atoms with Crippen LogP contribution in [0.2, 0.25) is 5.02 Å². The van der Waals surface area contributed by atoms with Gasteiger partial charge in [-0.3, -0.25) is 19.3 Å². The number of fused-ring (bicyclic) bond motifs is 2. The van der Waals surface area contributed by atoms with Crippen molar-refractivity contribution in [2.24, 2.45) is 0 Å². The molecule has 0 atom stereocenters. The number of amides is 3. The highest BCUT2D eigenvalue weighted by molar-refractivity contribution is 7.22. The number of carbonyl (C=O) groups excluding carboxylic acids is 3. The summed E-state index contributed by atoms with van der Waals surface area (Å²) < 4.78 is 0.925. The quantitative estimate of drug-likeness (QED) is 0.436. The van der Waals surface area contributed by atoms with E-state index in [4.69, 9.17) is 11.6 Å². The third-order valence-corrected chi connectivity index (χ3v) is 5.93. The highest BCUT2D eigenvalue weighted by Crippen LogP contribution is 2.28. The van der Waals surface area contributed by atoms with E-state index in [9.17, 15) is 14.4 Å². The molecule has 1 N–H and O–H groups in total. The van der Waals surface area contributed by atoms with Crippen LogP contribution in [0.3, 0.4) is 0 Å². The van der Waals surface area contributed by atoms with E-state index in [1.165, 1.54) is 16.2 Å². The molecule has 0 bridgehead atoms. The minimum absolute atomic E-state index is 0.101. The molecule has 3 amide bonds. The van der Waals surface area contributed by atoms with Gasteiger partial charge in [0.1, 0.15) is 0 Å². The van der Waals surface area contributed by atoms with Crippen LogP contribution in [-0.4, -0.2) is 34.2 Å². The van der Waals surface area contributed by atoms with Gasteiger partial charge in [0.25, 0.3) is 11.8 Å². The zero-order valence-corrected chi connectivity index (χ0v) is 17.1. The molecule has 3 aromatic rings. The summed E-state index contributed by atoms with van der Waals surface area (Å²) in [6.45, 7) is 0.368. The Morgan fingerprint density at radius 1 is 1.03 bits per heavy atom. The van der Waals surface area contributed by atoms with Gasteiger partial charge in [-0.15, -0.1) is 0 Å². The molecule has 6 nitrogen and oxygen atoms in total. The van der Waals surface area contributed by atoms with Crippen molar-refractivity contribution < 1.29 is 14.4 Å². The molecule has 29 heavy (non-hydrogen) atoms. The zero-order valence-electron chi connectivity index (χ0n) is 15.5. The van der Waals surface area contributed by atoms with Crippen LogP contribution in [0, 0.1) is 0 Å². The first-order valence-electron chi connectivity index (χ1n) is 9.34. The molecule has 0 saturated carbocycles. The molecule has 0 radical (unpaired) electrons. The van der Waals surface area contributed by atoms with Crippen LogP contribution in [-0.2, 0) is 4.79 Å². The Labute approximate surface area is 176 Å². The first-order chi connectivity index (χ1) is 14.0. The molecule has 8 heteroatoms. The molecule has 1 aliphatic heterocycles. The van der Waals surface area contributed by atoms with Crippen LogP contribution in [0.5, 0.6) is 0 Å². The summed E-state index contributed by atoms with van der Waals surface area (Å²) in [4.78, 5) is 42.4. The largest absolute Gasteiger partial charge is 0.302 e. The van der Waals surface area contributed by atoms with Crippen molar-refractivity contribution in [1.82, 2.24) is 9.88 Å². The number of imide groups is 1. The number of rotatable bonds is 7. The fourth-order valence-electron chi connectivity index (χ4n) is 3.31. The normalized spacial score (nSPS) is 13.2. The molecule has 1 aromatic heterocycles. The molecule has 0 spiro atoms. The highest BCUT2D eigenvalue weighted by Gasteiger charge is 2.34. The van der Waals surface area contributed by atoms with Crippen molar-refractivity contribution in [3.8, 4) is 0 Å². The summed E-state index contributed by atoms with van der Waals surface area (Å²) >= 11 is 7.35. The number of nitrogens with zero attached hydrogens (tertiary/aromatic N) is 2. The lowest BCUT2D eigenvalue weighted by Gasteiger charge is -2.13. The van der Waals surface area contributed by atoms with E-state index < -0.39 is 0 Å². The van der Waals surface area contributed by atoms with E-state index >= 15 is 0 Å². The monoisotopic (exact) mass is 427 g/mol. The number of carbonyl (C=O) groups is 3. The maximum Gasteiger partial charge on any atom is 0.261 e. The van der Waals surface area contributed by atoms with Crippen LogP contribution in [0.25, 0.3) is 10.2 Å². The van der Waals surface area contributed by atoms with Gasteiger partial charge in [0.2, 0.25) is 5.91 Å². The second kappa shape index (κ2) is 8.31. The molecule has 2 heterocycles.